The molecule has 4 nitrogen and oxygen atoms in total. The molecule has 0 aromatic heterocycles. The molecule has 1 heterocycles. The van der Waals surface area contributed by atoms with Gasteiger partial charge in [-0.25, -0.2) is 5.01 Å². The molecule has 0 spiro atoms. The van der Waals surface area contributed by atoms with Crippen LogP contribution >= 0.6 is 0 Å². The average molecular weight is 285 g/mol. The maximum atomic E-state index is 12.4. The zero-order chi connectivity index (χ0) is 14.9. The Hall–Kier alpha value is -2.05. The normalized spacial score (nSPS) is 20.0. The van der Waals surface area contributed by atoms with Crippen LogP contribution < -0.4 is 5.73 Å². The molecule has 0 saturated heterocycles. The second kappa shape index (κ2) is 5.15. The summed E-state index contributed by atoms with van der Waals surface area (Å²) in [7, 11) is 0. The van der Waals surface area contributed by atoms with Gasteiger partial charge in [0, 0.05) is 18.0 Å². The van der Waals surface area contributed by atoms with Gasteiger partial charge in [0.25, 0.3) is 0 Å². The highest BCUT2D eigenvalue weighted by Crippen LogP contribution is 2.24. The average Bonchev–Trinajstić information content (AvgIpc) is 2.32. The van der Waals surface area contributed by atoms with Gasteiger partial charge in [-0.3, -0.25) is 4.79 Å². The van der Waals surface area contributed by atoms with Crippen LogP contribution in [0, 0.1) is 5.92 Å². The second-order valence-electron chi connectivity index (χ2n) is 4.78. The van der Waals surface area contributed by atoms with Crippen molar-refractivity contribution in [1.29, 1.82) is 0 Å². The van der Waals surface area contributed by atoms with Crippen LogP contribution in [-0.2, 0) is 4.79 Å². The standard InChI is InChI=1S/C13H14F3N3O/c1-8-6-11(20)19(7-13(14,15)16)18-12(8)9-2-4-10(17)5-3-9/h2-5,8H,6-7,17H2,1H3/t8-/m1/s1. The van der Waals surface area contributed by atoms with Crippen molar-refractivity contribution in [3.05, 3.63) is 29.8 Å². The van der Waals surface area contributed by atoms with Crippen molar-refractivity contribution in [3.63, 3.8) is 0 Å². The summed E-state index contributed by atoms with van der Waals surface area (Å²) in [5.41, 5.74) is 7.27. The smallest absolute Gasteiger partial charge is 0.399 e. The van der Waals surface area contributed by atoms with Gasteiger partial charge in [0.1, 0.15) is 6.54 Å². The van der Waals surface area contributed by atoms with Gasteiger partial charge in [-0.1, -0.05) is 19.1 Å². The fourth-order valence-electron chi connectivity index (χ4n) is 2.04. The molecular formula is C13H14F3N3O. The fourth-order valence-corrected chi connectivity index (χ4v) is 2.04. The number of anilines is 1. The zero-order valence-electron chi connectivity index (χ0n) is 10.8. The predicted molar refractivity (Wildman–Crippen MR) is 68.9 cm³/mol. The van der Waals surface area contributed by atoms with Gasteiger partial charge < -0.3 is 5.73 Å². The number of carbonyl (C=O) groups excluding carboxylic acids is 1. The van der Waals surface area contributed by atoms with E-state index in [0.717, 1.165) is 0 Å². The third-order valence-electron chi connectivity index (χ3n) is 3.00. The first-order valence-electron chi connectivity index (χ1n) is 6.08. The van der Waals surface area contributed by atoms with E-state index in [-0.39, 0.29) is 12.3 Å². The summed E-state index contributed by atoms with van der Waals surface area (Å²) >= 11 is 0. The van der Waals surface area contributed by atoms with E-state index in [0.29, 0.717) is 22.0 Å². The minimum atomic E-state index is -4.47. The van der Waals surface area contributed by atoms with Crippen molar-refractivity contribution in [3.8, 4) is 0 Å². The zero-order valence-corrected chi connectivity index (χ0v) is 10.8. The molecule has 2 N–H and O–H groups in total. The lowest BCUT2D eigenvalue weighted by atomic mass is 9.93. The van der Waals surface area contributed by atoms with Crippen LogP contribution in [0.3, 0.4) is 0 Å². The highest BCUT2D eigenvalue weighted by Gasteiger charge is 2.36. The molecule has 1 amide bonds. The third-order valence-corrected chi connectivity index (χ3v) is 3.00. The maximum absolute atomic E-state index is 12.4. The van der Waals surface area contributed by atoms with Gasteiger partial charge in [-0.15, -0.1) is 0 Å². The molecule has 108 valence electrons. The van der Waals surface area contributed by atoms with E-state index in [9.17, 15) is 18.0 Å². The topological polar surface area (TPSA) is 58.7 Å². The van der Waals surface area contributed by atoms with Crippen LogP contribution in [0.25, 0.3) is 0 Å². The van der Waals surface area contributed by atoms with E-state index in [2.05, 4.69) is 5.10 Å². The van der Waals surface area contributed by atoms with E-state index in [1.54, 1.807) is 31.2 Å². The molecule has 1 aliphatic heterocycles. The lowest BCUT2D eigenvalue weighted by Gasteiger charge is -2.28. The summed E-state index contributed by atoms with van der Waals surface area (Å²) in [5.74, 6) is -0.843. The quantitative estimate of drug-likeness (QED) is 0.848. The van der Waals surface area contributed by atoms with Crippen LogP contribution in [0.5, 0.6) is 0 Å². The molecule has 0 bridgehead atoms. The first-order chi connectivity index (χ1) is 9.26. The molecule has 0 unspecified atom stereocenters. The number of alkyl halides is 3. The second-order valence-corrected chi connectivity index (χ2v) is 4.78. The Morgan fingerprint density at radius 1 is 1.35 bits per heavy atom. The van der Waals surface area contributed by atoms with Crippen molar-refractivity contribution in [2.45, 2.75) is 19.5 Å². The number of hydrogen-bond donors (Lipinski definition) is 1. The Kier molecular flexibility index (Phi) is 3.69. The van der Waals surface area contributed by atoms with Crippen LogP contribution in [0.1, 0.15) is 18.9 Å². The number of hydrazone groups is 1. The first kappa shape index (κ1) is 14.4. The van der Waals surface area contributed by atoms with Crippen LogP contribution in [0.2, 0.25) is 0 Å². The van der Waals surface area contributed by atoms with Crippen molar-refractivity contribution in [2.24, 2.45) is 11.0 Å². The Labute approximate surface area is 114 Å². The van der Waals surface area contributed by atoms with Crippen LogP contribution in [-0.4, -0.2) is 29.3 Å². The van der Waals surface area contributed by atoms with Gasteiger partial charge in [0.15, 0.2) is 0 Å². The summed E-state index contributed by atoms with van der Waals surface area (Å²) in [6.07, 6.45) is -4.45. The van der Waals surface area contributed by atoms with Crippen molar-refractivity contribution >= 4 is 17.3 Å². The number of hydrogen-bond acceptors (Lipinski definition) is 3. The number of amides is 1. The fraction of sp³-hybridized carbons (Fsp3) is 0.385. The Morgan fingerprint density at radius 2 is 1.95 bits per heavy atom. The summed E-state index contributed by atoms with van der Waals surface area (Å²) in [5, 5.41) is 4.36. The van der Waals surface area contributed by atoms with Gasteiger partial charge >= 0.3 is 6.18 Å². The minimum absolute atomic E-state index is 0.0132. The van der Waals surface area contributed by atoms with Gasteiger partial charge in [-0.2, -0.15) is 18.3 Å². The first-order valence-corrected chi connectivity index (χ1v) is 6.08. The summed E-state index contributed by atoms with van der Waals surface area (Å²) in [4.78, 5) is 11.6. The molecular weight excluding hydrogens is 271 g/mol. The molecule has 0 fully saturated rings. The summed E-state index contributed by atoms with van der Waals surface area (Å²) in [6.45, 7) is 0.398. The highest BCUT2D eigenvalue weighted by molar-refractivity contribution is 6.05. The predicted octanol–water partition coefficient (Wildman–Crippen LogP) is 2.40. The lowest BCUT2D eigenvalue weighted by molar-refractivity contribution is -0.162. The Bertz CT molecular complexity index is 537. The highest BCUT2D eigenvalue weighted by atomic mass is 19.4. The molecule has 1 aromatic rings. The third kappa shape index (κ3) is 3.28. The molecule has 2 rings (SSSR count). The van der Waals surface area contributed by atoms with E-state index < -0.39 is 18.6 Å². The Morgan fingerprint density at radius 3 is 2.50 bits per heavy atom. The van der Waals surface area contributed by atoms with E-state index in [1.165, 1.54) is 0 Å². The van der Waals surface area contributed by atoms with Gasteiger partial charge in [0.05, 0.1) is 5.71 Å². The van der Waals surface area contributed by atoms with Crippen LogP contribution in [0.15, 0.2) is 29.4 Å². The molecule has 0 aliphatic carbocycles. The van der Waals surface area contributed by atoms with Crippen molar-refractivity contribution in [1.82, 2.24) is 5.01 Å². The van der Waals surface area contributed by atoms with Crippen LogP contribution in [0.4, 0.5) is 18.9 Å². The monoisotopic (exact) mass is 285 g/mol. The number of nitrogens with zero attached hydrogens (tertiary/aromatic N) is 2. The van der Waals surface area contributed by atoms with Gasteiger partial charge in [-0.05, 0) is 17.7 Å². The number of rotatable bonds is 2. The summed E-state index contributed by atoms with van der Waals surface area (Å²) < 4.78 is 37.2. The molecule has 1 aliphatic rings. The SMILES string of the molecule is C[C@@H]1CC(=O)N(CC(F)(F)F)N=C1c1ccc(N)cc1. The number of carbonyl (C=O) groups is 1. The number of nitrogen functional groups attached to an aromatic ring is 1. The molecule has 1 atom stereocenters. The molecule has 20 heavy (non-hydrogen) atoms. The van der Waals surface area contributed by atoms with E-state index in [1.807, 2.05) is 0 Å². The maximum Gasteiger partial charge on any atom is 0.408 e. The molecule has 7 heteroatoms. The largest absolute Gasteiger partial charge is 0.408 e. The number of nitrogens with two attached hydrogens (primary N) is 1. The molecule has 0 radical (unpaired) electrons. The molecule has 0 saturated carbocycles. The number of benzene rings is 1. The van der Waals surface area contributed by atoms with E-state index in [4.69, 9.17) is 5.73 Å². The van der Waals surface area contributed by atoms with Gasteiger partial charge in [0.2, 0.25) is 5.91 Å². The van der Waals surface area contributed by atoms with Crippen molar-refractivity contribution in [2.75, 3.05) is 12.3 Å². The van der Waals surface area contributed by atoms with E-state index >= 15 is 0 Å². The number of halogens is 3. The Balaban J connectivity index is 2.32. The molecule has 1 aromatic carbocycles. The minimum Gasteiger partial charge on any atom is -0.399 e. The summed E-state index contributed by atoms with van der Waals surface area (Å²) in [6, 6.07) is 6.67. The lowest BCUT2D eigenvalue weighted by Crippen LogP contribution is -2.41. The van der Waals surface area contributed by atoms with Crippen molar-refractivity contribution < 1.29 is 18.0 Å².